The molecule has 2 amide bonds. The summed E-state index contributed by atoms with van der Waals surface area (Å²) in [7, 11) is 0. The zero-order chi connectivity index (χ0) is 20.6. The third-order valence-corrected chi connectivity index (χ3v) is 5.82. The van der Waals surface area contributed by atoms with Crippen molar-refractivity contribution in [2.75, 3.05) is 6.54 Å². The molecule has 0 aromatic heterocycles. The molecule has 150 valence electrons. The molecule has 8 nitrogen and oxygen atoms in total. The Balaban J connectivity index is 2.14. The number of aliphatic carboxylic acids is 2. The van der Waals surface area contributed by atoms with E-state index in [1.807, 2.05) is 26.0 Å². The van der Waals surface area contributed by atoms with Crippen LogP contribution in [0.2, 0.25) is 0 Å². The van der Waals surface area contributed by atoms with Crippen molar-refractivity contribution in [2.45, 2.75) is 44.7 Å². The Labute approximate surface area is 162 Å². The van der Waals surface area contributed by atoms with Crippen LogP contribution < -0.4 is 5.32 Å². The lowest BCUT2D eigenvalue weighted by Gasteiger charge is -2.30. The summed E-state index contributed by atoms with van der Waals surface area (Å²) in [6.45, 7) is 3.97. The van der Waals surface area contributed by atoms with E-state index >= 15 is 0 Å². The molecule has 2 heterocycles. The van der Waals surface area contributed by atoms with Gasteiger partial charge in [0.15, 0.2) is 0 Å². The summed E-state index contributed by atoms with van der Waals surface area (Å²) in [6.07, 6.45) is 0.593. The van der Waals surface area contributed by atoms with Crippen LogP contribution in [0.3, 0.4) is 0 Å². The Morgan fingerprint density at radius 2 is 1.86 bits per heavy atom. The second-order valence-electron chi connectivity index (χ2n) is 7.51. The number of hydrogen-bond donors (Lipinski definition) is 3. The van der Waals surface area contributed by atoms with Crippen LogP contribution >= 0.6 is 0 Å². The van der Waals surface area contributed by atoms with Crippen molar-refractivity contribution in [3.8, 4) is 0 Å². The first-order valence-corrected chi connectivity index (χ1v) is 9.38. The van der Waals surface area contributed by atoms with Gasteiger partial charge in [0.25, 0.3) is 0 Å². The third kappa shape index (κ3) is 2.97. The van der Waals surface area contributed by atoms with Gasteiger partial charge in [0.1, 0.15) is 5.54 Å². The number of amides is 2. The number of unbranched alkanes of at least 4 members (excludes halogenated alkanes) is 1. The van der Waals surface area contributed by atoms with Crippen molar-refractivity contribution in [3.63, 3.8) is 0 Å². The Morgan fingerprint density at radius 3 is 2.43 bits per heavy atom. The molecule has 0 bridgehead atoms. The standard InChI is InChI=1S/C20H24N2O6/c1-3-4-9-22-17(25)14-15(18(22)26)20(19(27)28,10-13(23)24)21-16(14)12-8-6-5-7-11(12)2/h5-8,14-16,21H,3-4,9-10H2,1-2H3,(H,23,24)(H,27,28). The SMILES string of the molecule is CCCCN1C(=O)C2C(c3ccccc3C)NC(CC(=O)O)(C(=O)O)C2C1=O. The topological polar surface area (TPSA) is 124 Å². The summed E-state index contributed by atoms with van der Waals surface area (Å²) in [5.74, 6) is -6.00. The summed E-state index contributed by atoms with van der Waals surface area (Å²) >= 11 is 0. The van der Waals surface area contributed by atoms with Gasteiger partial charge in [-0.15, -0.1) is 0 Å². The summed E-state index contributed by atoms with van der Waals surface area (Å²) in [5.41, 5.74) is -0.496. The summed E-state index contributed by atoms with van der Waals surface area (Å²) in [4.78, 5) is 51.0. The van der Waals surface area contributed by atoms with E-state index in [1.54, 1.807) is 12.1 Å². The zero-order valence-electron chi connectivity index (χ0n) is 15.8. The van der Waals surface area contributed by atoms with Crippen molar-refractivity contribution in [2.24, 2.45) is 11.8 Å². The number of carbonyl (C=O) groups is 4. The van der Waals surface area contributed by atoms with Crippen molar-refractivity contribution >= 4 is 23.8 Å². The molecule has 3 N–H and O–H groups in total. The van der Waals surface area contributed by atoms with Crippen LogP contribution in [0.15, 0.2) is 24.3 Å². The smallest absolute Gasteiger partial charge is 0.325 e. The average Bonchev–Trinajstić information content (AvgIpc) is 3.09. The van der Waals surface area contributed by atoms with E-state index in [0.717, 1.165) is 16.9 Å². The maximum absolute atomic E-state index is 13.1. The fourth-order valence-electron chi connectivity index (χ4n) is 4.48. The van der Waals surface area contributed by atoms with Gasteiger partial charge in [0, 0.05) is 12.6 Å². The lowest BCUT2D eigenvalue weighted by molar-refractivity contribution is -0.156. The molecule has 8 heteroatoms. The van der Waals surface area contributed by atoms with Crippen LogP contribution in [0.5, 0.6) is 0 Å². The second-order valence-corrected chi connectivity index (χ2v) is 7.51. The quantitative estimate of drug-likeness (QED) is 0.602. The summed E-state index contributed by atoms with van der Waals surface area (Å²) < 4.78 is 0. The number of aryl methyl sites for hydroxylation is 1. The predicted octanol–water partition coefficient (Wildman–Crippen LogP) is 1.34. The molecule has 4 unspecified atom stereocenters. The lowest BCUT2D eigenvalue weighted by Crippen LogP contribution is -2.57. The van der Waals surface area contributed by atoms with E-state index in [4.69, 9.17) is 0 Å². The monoisotopic (exact) mass is 388 g/mol. The number of benzene rings is 1. The van der Waals surface area contributed by atoms with E-state index in [9.17, 15) is 29.4 Å². The zero-order valence-corrected chi connectivity index (χ0v) is 15.8. The molecule has 0 spiro atoms. The molecule has 0 saturated carbocycles. The number of fused-ring (bicyclic) bond motifs is 1. The van der Waals surface area contributed by atoms with E-state index in [2.05, 4.69) is 5.32 Å². The lowest BCUT2D eigenvalue weighted by atomic mass is 9.77. The van der Waals surface area contributed by atoms with Gasteiger partial charge in [-0.1, -0.05) is 37.6 Å². The highest BCUT2D eigenvalue weighted by Gasteiger charge is 2.69. The predicted molar refractivity (Wildman–Crippen MR) is 98.3 cm³/mol. The second kappa shape index (κ2) is 7.35. The molecule has 28 heavy (non-hydrogen) atoms. The minimum absolute atomic E-state index is 0.213. The first-order valence-electron chi connectivity index (χ1n) is 9.38. The van der Waals surface area contributed by atoms with Crippen LogP contribution in [0.4, 0.5) is 0 Å². The number of likely N-dealkylation sites (tertiary alicyclic amines) is 1. The molecule has 2 aliphatic heterocycles. The molecule has 2 aliphatic rings. The molecule has 4 atom stereocenters. The fraction of sp³-hybridized carbons (Fsp3) is 0.500. The maximum atomic E-state index is 13.1. The van der Waals surface area contributed by atoms with Crippen molar-refractivity contribution < 1.29 is 29.4 Å². The van der Waals surface area contributed by atoms with E-state index < -0.39 is 53.6 Å². The Bertz CT molecular complexity index is 838. The maximum Gasteiger partial charge on any atom is 0.325 e. The molecular weight excluding hydrogens is 364 g/mol. The largest absolute Gasteiger partial charge is 0.481 e. The highest BCUT2D eigenvalue weighted by molar-refractivity contribution is 6.10. The van der Waals surface area contributed by atoms with Crippen LogP contribution in [0.1, 0.15) is 43.4 Å². The molecule has 1 aromatic rings. The van der Waals surface area contributed by atoms with Crippen molar-refractivity contribution in [3.05, 3.63) is 35.4 Å². The number of nitrogens with zero attached hydrogens (tertiary/aromatic N) is 1. The van der Waals surface area contributed by atoms with E-state index in [-0.39, 0.29) is 6.54 Å². The van der Waals surface area contributed by atoms with Crippen LogP contribution in [-0.2, 0) is 19.2 Å². The number of carboxylic acids is 2. The van der Waals surface area contributed by atoms with Gasteiger partial charge in [0.2, 0.25) is 11.8 Å². The third-order valence-electron chi connectivity index (χ3n) is 5.82. The molecular formula is C20H24N2O6. The van der Waals surface area contributed by atoms with Crippen LogP contribution in [-0.4, -0.2) is 50.9 Å². The number of hydrogen-bond acceptors (Lipinski definition) is 5. The average molecular weight is 388 g/mol. The van der Waals surface area contributed by atoms with Gasteiger partial charge < -0.3 is 10.2 Å². The highest BCUT2D eigenvalue weighted by Crippen LogP contribution is 2.50. The van der Waals surface area contributed by atoms with E-state index in [0.29, 0.717) is 12.0 Å². The molecule has 3 rings (SSSR count). The molecule has 1 aromatic carbocycles. The van der Waals surface area contributed by atoms with Crippen molar-refractivity contribution in [1.82, 2.24) is 10.2 Å². The number of carbonyl (C=O) groups excluding carboxylic acids is 2. The van der Waals surface area contributed by atoms with Gasteiger partial charge in [0.05, 0.1) is 18.3 Å². The molecule has 2 saturated heterocycles. The first-order chi connectivity index (χ1) is 13.2. The number of nitrogens with one attached hydrogen (secondary N) is 1. The highest BCUT2D eigenvalue weighted by atomic mass is 16.4. The number of carboxylic acid groups (broad SMARTS) is 2. The number of rotatable bonds is 7. The molecule has 0 aliphatic carbocycles. The first kappa shape index (κ1) is 20.0. The molecule has 2 fully saturated rings. The summed E-state index contributed by atoms with van der Waals surface area (Å²) in [6, 6.07) is 6.45. The normalized spacial score (nSPS) is 29.2. The van der Waals surface area contributed by atoms with Crippen LogP contribution in [0.25, 0.3) is 0 Å². The molecule has 0 radical (unpaired) electrons. The van der Waals surface area contributed by atoms with E-state index in [1.165, 1.54) is 0 Å². The van der Waals surface area contributed by atoms with Crippen LogP contribution in [0, 0.1) is 18.8 Å². The Kier molecular flexibility index (Phi) is 5.25. The van der Waals surface area contributed by atoms with Gasteiger partial charge in [-0.3, -0.25) is 29.4 Å². The van der Waals surface area contributed by atoms with Gasteiger partial charge >= 0.3 is 11.9 Å². The van der Waals surface area contributed by atoms with Gasteiger partial charge in [-0.25, -0.2) is 0 Å². The fourth-order valence-corrected chi connectivity index (χ4v) is 4.48. The van der Waals surface area contributed by atoms with Crippen molar-refractivity contribution in [1.29, 1.82) is 0 Å². The minimum atomic E-state index is -2.03. The minimum Gasteiger partial charge on any atom is -0.481 e. The summed E-state index contributed by atoms with van der Waals surface area (Å²) in [5, 5.41) is 22.2. The number of imide groups is 1. The Morgan fingerprint density at radius 1 is 1.18 bits per heavy atom. The Hall–Kier alpha value is -2.74. The van der Waals surface area contributed by atoms with Gasteiger partial charge in [-0.2, -0.15) is 0 Å². The van der Waals surface area contributed by atoms with Gasteiger partial charge in [-0.05, 0) is 24.5 Å².